The lowest BCUT2D eigenvalue weighted by atomic mass is 9.94. The molecule has 0 N–H and O–H groups in total. The molecule has 2 aromatic heterocycles. The van der Waals surface area contributed by atoms with E-state index in [2.05, 4.69) is 33.7 Å². The molecule has 0 radical (unpaired) electrons. The predicted molar refractivity (Wildman–Crippen MR) is 90.7 cm³/mol. The highest BCUT2D eigenvalue weighted by Crippen LogP contribution is 2.28. The lowest BCUT2D eigenvalue weighted by Gasteiger charge is -2.33. The average Bonchev–Trinajstić information content (AvgIpc) is 3.19. The summed E-state index contributed by atoms with van der Waals surface area (Å²) in [5.41, 5.74) is 1.19. The second kappa shape index (κ2) is 6.93. The number of rotatable bonds is 3. The van der Waals surface area contributed by atoms with Gasteiger partial charge in [0.25, 0.3) is 0 Å². The number of aryl methyl sites for hydroxylation is 2. The third kappa shape index (κ3) is 3.43. The van der Waals surface area contributed by atoms with Crippen LogP contribution < -0.4 is 0 Å². The van der Waals surface area contributed by atoms with Crippen molar-refractivity contribution >= 4 is 5.91 Å². The minimum Gasteiger partial charge on any atom is -0.342 e. The van der Waals surface area contributed by atoms with Crippen molar-refractivity contribution in [3.8, 4) is 0 Å². The maximum absolute atomic E-state index is 13.0. The van der Waals surface area contributed by atoms with Gasteiger partial charge in [-0.2, -0.15) is 5.10 Å². The Morgan fingerprint density at radius 1 is 1.20 bits per heavy atom. The Balaban J connectivity index is 1.37. The zero-order valence-corrected chi connectivity index (χ0v) is 14.7. The zero-order valence-electron chi connectivity index (χ0n) is 14.7. The van der Waals surface area contributed by atoms with Crippen molar-refractivity contribution in [2.45, 2.75) is 58.0 Å². The maximum atomic E-state index is 13.0. The van der Waals surface area contributed by atoms with Gasteiger partial charge in [-0.15, -0.1) is 5.10 Å². The van der Waals surface area contributed by atoms with Crippen LogP contribution in [0, 0.1) is 12.8 Å². The number of tetrazole rings is 1. The Kier molecular flexibility index (Phi) is 4.50. The Labute approximate surface area is 147 Å². The number of fused-ring (bicyclic) bond motifs is 1. The fourth-order valence-corrected chi connectivity index (χ4v) is 3.98. The standard InChI is InChI=1S/C17H25N7O/c1-13-10-18-23(11-13)12-14-5-8-22(9-6-14)17(25)15-4-2-3-7-24-16(15)19-20-21-24/h10-11,14-15H,2-9,12H2,1H3/t15-/m0/s1. The van der Waals surface area contributed by atoms with Crippen molar-refractivity contribution in [3.05, 3.63) is 23.8 Å². The summed E-state index contributed by atoms with van der Waals surface area (Å²) in [5.74, 6) is 1.36. The first kappa shape index (κ1) is 16.2. The van der Waals surface area contributed by atoms with Crippen molar-refractivity contribution < 1.29 is 4.79 Å². The maximum Gasteiger partial charge on any atom is 0.233 e. The smallest absolute Gasteiger partial charge is 0.233 e. The van der Waals surface area contributed by atoms with Crippen LogP contribution in [0.25, 0.3) is 0 Å². The lowest BCUT2D eigenvalue weighted by Crippen LogP contribution is -2.42. The summed E-state index contributed by atoms with van der Waals surface area (Å²) in [4.78, 5) is 15.0. The number of piperidine rings is 1. The van der Waals surface area contributed by atoms with E-state index in [-0.39, 0.29) is 11.8 Å². The van der Waals surface area contributed by atoms with Crippen LogP contribution in [-0.4, -0.2) is 53.9 Å². The van der Waals surface area contributed by atoms with Crippen LogP contribution >= 0.6 is 0 Å². The molecular weight excluding hydrogens is 318 g/mol. The number of aromatic nitrogens is 6. The molecule has 8 heteroatoms. The summed E-state index contributed by atoms with van der Waals surface area (Å²) < 4.78 is 3.83. The van der Waals surface area contributed by atoms with E-state index >= 15 is 0 Å². The summed E-state index contributed by atoms with van der Waals surface area (Å²) in [6, 6.07) is 0. The van der Waals surface area contributed by atoms with E-state index in [4.69, 9.17) is 0 Å². The minimum atomic E-state index is -0.178. The largest absolute Gasteiger partial charge is 0.342 e. The fraction of sp³-hybridized carbons (Fsp3) is 0.706. The van der Waals surface area contributed by atoms with Gasteiger partial charge in [0.1, 0.15) is 0 Å². The summed E-state index contributed by atoms with van der Waals surface area (Å²) in [6.45, 7) is 5.46. The van der Waals surface area contributed by atoms with Crippen molar-refractivity contribution in [2.75, 3.05) is 13.1 Å². The topological polar surface area (TPSA) is 81.7 Å². The molecule has 4 rings (SSSR count). The van der Waals surface area contributed by atoms with Crippen molar-refractivity contribution in [1.82, 2.24) is 34.9 Å². The summed E-state index contributed by atoms with van der Waals surface area (Å²) in [5, 5.41) is 16.3. The van der Waals surface area contributed by atoms with Gasteiger partial charge in [0.15, 0.2) is 5.82 Å². The quantitative estimate of drug-likeness (QED) is 0.841. The third-order valence-electron chi connectivity index (χ3n) is 5.42. The van der Waals surface area contributed by atoms with Gasteiger partial charge < -0.3 is 4.90 Å². The SMILES string of the molecule is Cc1cnn(CC2CCN(C(=O)[C@H]3CCCCn4nnnc43)CC2)c1. The van der Waals surface area contributed by atoms with E-state index in [0.717, 1.165) is 64.1 Å². The first-order chi connectivity index (χ1) is 12.2. The highest BCUT2D eigenvalue weighted by molar-refractivity contribution is 5.83. The number of carbonyl (C=O) groups is 1. The molecule has 4 heterocycles. The molecule has 0 bridgehead atoms. The molecule has 0 aliphatic carbocycles. The molecule has 1 atom stereocenters. The van der Waals surface area contributed by atoms with Crippen molar-refractivity contribution in [2.24, 2.45) is 5.92 Å². The average molecular weight is 343 g/mol. The van der Waals surface area contributed by atoms with E-state index in [1.807, 2.05) is 20.5 Å². The van der Waals surface area contributed by atoms with E-state index in [9.17, 15) is 4.79 Å². The zero-order chi connectivity index (χ0) is 17.2. The molecular formula is C17H25N7O. The number of carbonyl (C=O) groups excluding carboxylic acids is 1. The van der Waals surface area contributed by atoms with Crippen molar-refractivity contribution in [1.29, 1.82) is 0 Å². The Morgan fingerprint density at radius 2 is 2.04 bits per heavy atom. The molecule has 1 saturated heterocycles. The normalized spacial score (nSPS) is 21.8. The Bertz CT molecular complexity index is 729. The number of nitrogens with zero attached hydrogens (tertiary/aromatic N) is 7. The van der Waals surface area contributed by atoms with Gasteiger partial charge in [0, 0.05) is 32.4 Å². The Hall–Kier alpha value is -2.25. The number of likely N-dealkylation sites (tertiary alicyclic amines) is 1. The minimum absolute atomic E-state index is 0.178. The van der Waals surface area contributed by atoms with Gasteiger partial charge in [-0.25, -0.2) is 4.68 Å². The number of hydrogen-bond acceptors (Lipinski definition) is 5. The van der Waals surface area contributed by atoms with Gasteiger partial charge in [0.05, 0.1) is 12.1 Å². The second-order valence-corrected chi connectivity index (χ2v) is 7.32. The predicted octanol–water partition coefficient (Wildman–Crippen LogP) is 1.38. The van der Waals surface area contributed by atoms with Gasteiger partial charge in [-0.05, 0) is 54.5 Å². The van der Waals surface area contributed by atoms with Crippen LogP contribution in [0.4, 0.5) is 0 Å². The molecule has 0 aromatic carbocycles. The van der Waals surface area contributed by atoms with Gasteiger partial charge in [-0.3, -0.25) is 9.48 Å². The van der Waals surface area contributed by atoms with Crippen LogP contribution in [0.15, 0.2) is 12.4 Å². The molecule has 2 aromatic rings. The third-order valence-corrected chi connectivity index (χ3v) is 5.42. The summed E-state index contributed by atoms with van der Waals surface area (Å²) in [6.07, 6.45) is 8.97. The van der Waals surface area contributed by atoms with Gasteiger partial charge >= 0.3 is 0 Å². The number of hydrogen-bond donors (Lipinski definition) is 0. The van der Waals surface area contributed by atoms with E-state index in [1.165, 1.54) is 5.56 Å². The van der Waals surface area contributed by atoms with Gasteiger partial charge in [0.2, 0.25) is 5.91 Å². The highest BCUT2D eigenvalue weighted by Gasteiger charge is 2.33. The Morgan fingerprint density at radius 3 is 2.80 bits per heavy atom. The molecule has 0 unspecified atom stereocenters. The fourth-order valence-electron chi connectivity index (χ4n) is 3.98. The van der Waals surface area contributed by atoms with E-state index < -0.39 is 0 Å². The number of amides is 1. The molecule has 8 nitrogen and oxygen atoms in total. The van der Waals surface area contributed by atoms with Gasteiger partial charge in [-0.1, -0.05) is 6.42 Å². The molecule has 0 spiro atoms. The first-order valence-electron chi connectivity index (χ1n) is 9.24. The molecule has 0 saturated carbocycles. The van der Waals surface area contributed by atoms with E-state index in [0.29, 0.717) is 5.92 Å². The van der Waals surface area contributed by atoms with Crippen LogP contribution in [0.2, 0.25) is 0 Å². The molecule has 2 aliphatic rings. The molecule has 1 fully saturated rings. The van der Waals surface area contributed by atoms with E-state index in [1.54, 1.807) is 0 Å². The lowest BCUT2D eigenvalue weighted by molar-refractivity contribution is -0.134. The summed E-state index contributed by atoms with van der Waals surface area (Å²) in [7, 11) is 0. The molecule has 134 valence electrons. The van der Waals surface area contributed by atoms with Crippen molar-refractivity contribution in [3.63, 3.8) is 0 Å². The molecule has 25 heavy (non-hydrogen) atoms. The highest BCUT2D eigenvalue weighted by atomic mass is 16.2. The first-order valence-corrected chi connectivity index (χ1v) is 9.24. The van der Waals surface area contributed by atoms with Crippen LogP contribution in [0.1, 0.15) is 49.4 Å². The van der Waals surface area contributed by atoms with Crippen LogP contribution in [0.5, 0.6) is 0 Å². The molecule has 1 amide bonds. The molecule has 2 aliphatic heterocycles. The van der Waals surface area contributed by atoms with Crippen LogP contribution in [-0.2, 0) is 17.9 Å². The van der Waals surface area contributed by atoms with Crippen LogP contribution in [0.3, 0.4) is 0 Å². The monoisotopic (exact) mass is 343 g/mol. The second-order valence-electron chi connectivity index (χ2n) is 7.32. The summed E-state index contributed by atoms with van der Waals surface area (Å²) >= 11 is 0.